The number of fused-ring (bicyclic) bond motifs is 1. The Morgan fingerprint density at radius 3 is 2.33 bits per heavy atom. The number of nitrogens with two attached hydrogens (primary N) is 1. The maximum atomic E-state index is 13.2. The Morgan fingerprint density at radius 1 is 0.974 bits per heavy atom. The second-order valence-corrected chi connectivity index (χ2v) is 10.5. The van der Waals surface area contributed by atoms with E-state index in [1.807, 2.05) is 51.2 Å². The molecule has 0 aliphatic rings. The van der Waals surface area contributed by atoms with Gasteiger partial charge < -0.3 is 20.8 Å². The van der Waals surface area contributed by atoms with E-state index >= 15 is 0 Å². The number of rotatable bonds is 20. The number of H-pyrrole nitrogens is 1. The fourth-order valence-corrected chi connectivity index (χ4v) is 4.82. The van der Waals surface area contributed by atoms with E-state index in [4.69, 9.17) is 10.5 Å². The highest BCUT2D eigenvalue weighted by Crippen LogP contribution is 2.20. The number of aromatic amines is 1. The Labute approximate surface area is 232 Å². The van der Waals surface area contributed by atoms with Crippen molar-refractivity contribution < 1.29 is 23.9 Å². The first kappa shape index (κ1) is 32.4. The van der Waals surface area contributed by atoms with Crippen LogP contribution in [-0.2, 0) is 30.3 Å². The van der Waals surface area contributed by atoms with Crippen LogP contribution in [0.3, 0.4) is 0 Å². The second-order valence-electron chi connectivity index (χ2n) is 10.5. The number of ketones is 3. The van der Waals surface area contributed by atoms with E-state index in [2.05, 4.69) is 10.3 Å². The maximum absolute atomic E-state index is 13.2. The van der Waals surface area contributed by atoms with Crippen molar-refractivity contribution in [2.75, 3.05) is 7.11 Å². The lowest BCUT2D eigenvalue weighted by Crippen LogP contribution is -2.51. The van der Waals surface area contributed by atoms with Crippen molar-refractivity contribution in [1.29, 1.82) is 0 Å². The van der Waals surface area contributed by atoms with Crippen molar-refractivity contribution in [3.63, 3.8) is 0 Å². The summed E-state index contributed by atoms with van der Waals surface area (Å²) < 4.78 is 5.41. The van der Waals surface area contributed by atoms with Crippen molar-refractivity contribution in [1.82, 2.24) is 10.3 Å². The number of hydrogen-bond donors (Lipinski definition) is 3. The number of unbranched alkanes of at least 4 members (excludes halogenated alkanes) is 3. The van der Waals surface area contributed by atoms with Gasteiger partial charge in [-0.15, -0.1) is 0 Å². The largest absolute Gasteiger partial charge is 0.374 e. The van der Waals surface area contributed by atoms with Gasteiger partial charge in [0, 0.05) is 49.9 Å². The van der Waals surface area contributed by atoms with E-state index in [1.165, 1.54) is 7.11 Å². The lowest BCUT2D eigenvalue weighted by atomic mass is 9.91. The molecule has 0 radical (unpaired) electrons. The fourth-order valence-electron chi connectivity index (χ4n) is 4.82. The van der Waals surface area contributed by atoms with Crippen molar-refractivity contribution in [3.8, 4) is 0 Å². The van der Waals surface area contributed by atoms with Gasteiger partial charge in [0.2, 0.25) is 5.91 Å². The molecule has 0 spiro atoms. The van der Waals surface area contributed by atoms with E-state index in [9.17, 15) is 19.2 Å². The molecule has 1 amide bonds. The summed E-state index contributed by atoms with van der Waals surface area (Å²) in [6, 6.07) is 6.38. The van der Waals surface area contributed by atoms with Crippen LogP contribution in [0.5, 0.6) is 0 Å². The molecule has 4 atom stereocenters. The SMILES string of the molecule is CCC(=O)CCCCCCC(=O)C(CCC(=O)[C@@H](NC(=O)[C@@H](N)Cc1c[nH]c2ccccc12)[C@@H](C)CC)OC. The number of aromatic nitrogens is 1. The van der Waals surface area contributed by atoms with Gasteiger partial charge in [-0.3, -0.25) is 19.2 Å². The molecule has 1 unspecified atom stereocenters. The first-order valence-corrected chi connectivity index (χ1v) is 14.4. The summed E-state index contributed by atoms with van der Waals surface area (Å²) in [5.41, 5.74) is 8.19. The summed E-state index contributed by atoms with van der Waals surface area (Å²) in [5, 5.41) is 3.92. The van der Waals surface area contributed by atoms with Crippen molar-refractivity contribution in [2.24, 2.45) is 11.7 Å². The van der Waals surface area contributed by atoms with E-state index in [1.54, 1.807) is 0 Å². The summed E-state index contributed by atoms with van der Waals surface area (Å²) >= 11 is 0. The number of methoxy groups -OCH3 is 1. The van der Waals surface area contributed by atoms with Crippen molar-refractivity contribution in [2.45, 2.75) is 110 Å². The third-order valence-electron chi connectivity index (χ3n) is 7.63. The van der Waals surface area contributed by atoms with Crippen LogP contribution in [0, 0.1) is 5.92 Å². The van der Waals surface area contributed by atoms with Gasteiger partial charge in [0.05, 0.1) is 12.1 Å². The molecule has 39 heavy (non-hydrogen) atoms. The van der Waals surface area contributed by atoms with E-state index in [0.29, 0.717) is 32.1 Å². The Morgan fingerprint density at radius 2 is 1.67 bits per heavy atom. The minimum absolute atomic E-state index is 0.0141. The van der Waals surface area contributed by atoms with Crippen LogP contribution in [0.2, 0.25) is 0 Å². The molecule has 4 N–H and O–H groups in total. The smallest absolute Gasteiger partial charge is 0.237 e. The van der Waals surface area contributed by atoms with Gasteiger partial charge in [0.25, 0.3) is 0 Å². The maximum Gasteiger partial charge on any atom is 0.237 e. The molecular formula is C31H47N3O5. The number of benzene rings is 1. The second kappa shape index (κ2) is 17.0. The summed E-state index contributed by atoms with van der Waals surface area (Å²) in [7, 11) is 1.49. The molecule has 1 aromatic heterocycles. The van der Waals surface area contributed by atoms with Gasteiger partial charge in [-0.2, -0.15) is 0 Å². The molecule has 0 bridgehead atoms. The van der Waals surface area contributed by atoms with E-state index < -0.39 is 18.2 Å². The molecule has 216 valence electrons. The summed E-state index contributed by atoms with van der Waals surface area (Å²) in [6.45, 7) is 5.78. The molecule has 0 aliphatic heterocycles. The number of ether oxygens (including phenoxy) is 1. The first-order valence-electron chi connectivity index (χ1n) is 14.4. The molecule has 2 rings (SSSR count). The Hall–Kier alpha value is -2.84. The standard InChI is InChI=1S/C31H47N3O5/c1-5-21(3)30(34-31(38)25(32)19-22-20-33-26-15-12-11-14-24(22)26)28(37)17-18-29(39-4)27(36)16-10-8-7-9-13-23(35)6-2/h11-12,14-15,20-21,25,29-30,33H,5-10,13,16-19,32H2,1-4H3,(H,34,38)/t21-,25-,29?,30-/m0/s1. The van der Waals surface area contributed by atoms with Gasteiger partial charge in [0.15, 0.2) is 11.6 Å². The topological polar surface area (TPSA) is 131 Å². The van der Waals surface area contributed by atoms with Crippen molar-refractivity contribution >= 4 is 34.2 Å². The van der Waals surface area contributed by atoms with Crippen LogP contribution in [0.25, 0.3) is 10.9 Å². The number of para-hydroxylation sites is 1. The molecule has 0 saturated carbocycles. The molecule has 1 heterocycles. The van der Waals surface area contributed by atoms with E-state index in [0.717, 1.165) is 42.1 Å². The molecule has 0 aliphatic carbocycles. The molecule has 0 fully saturated rings. The number of hydrogen-bond acceptors (Lipinski definition) is 6. The Kier molecular flexibility index (Phi) is 14.1. The van der Waals surface area contributed by atoms with Gasteiger partial charge in [-0.1, -0.05) is 58.2 Å². The predicted octanol–water partition coefficient (Wildman–Crippen LogP) is 4.82. The Bertz CT molecular complexity index is 1080. The number of Topliss-reactive ketones (excluding diaryl/α,β-unsaturated/α-hetero) is 3. The minimum Gasteiger partial charge on any atom is -0.374 e. The summed E-state index contributed by atoms with van der Waals surface area (Å²) in [5.74, 6) is -0.289. The number of carbonyl (C=O) groups is 4. The van der Waals surface area contributed by atoms with Gasteiger partial charge >= 0.3 is 0 Å². The highest BCUT2D eigenvalue weighted by atomic mass is 16.5. The van der Waals surface area contributed by atoms with Crippen molar-refractivity contribution in [3.05, 3.63) is 36.0 Å². The molecule has 0 saturated heterocycles. The highest BCUT2D eigenvalue weighted by molar-refractivity contribution is 5.92. The molecule has 1 aromatic carbocycles. The third kappa shape index (κ3) is 10.3. The zero-order valence-corrected chi connectivity index (χ0v) is 24.1. The van der Waals surface area contributed by atoms with Gasteiger partial charge in [0.1, 0.15) is 11.9 Å². The van der Waals surface area contributed by atoms with E-state index in [-0.39, 0.29) is 42.0 Å². The fraction of sp³-hybridized carbons (Fsp3) is 0.613. The first-order chi connectivity index (χ1) is 18.7. The normalized spacial score (nSPS) is 14.5. The molecular weight excluding hydrogens is 494 g/mol. The van der Waals surface area contributed by atoms with Crippen LogP contribution in [0.1, 0.15) is 90.5 Å². The molecule has 2 aromatic rings. The minimum atomic E-state index is -0.794. The highest BCUT2D eigenvalue weighted by Gasteiger charge is 2.29. The number of amides is 1. The van der Waals surface area contributed by atoms with Gasteiger partial charge in [-0.25, -0.2) is 0 Å². The summed E-state index contributed by atoms with van der Waals surface area (Å²) in [4.78, 5) is 53.4. The van der Waals surface area contributed by atoms with Crippen LogP contribution in [-0.4, -0.2) is 53.5 Å². The number of carbonyl (C=O) groups excluding carboxylic acids is 4. The zero-order valence-electron chi connectivity index (χ0n) is 24.1. The van der Waals surface area contributed by atoms with Crippen LogP contribution < -0.4 is 11.1 Å². The van der Waals surface area contributed by atoms with Crippen LogP contribution >= 0.6 is 0 Å². The predicted molar refractivity (Wildman–Crippen MR) is 154 cm³/mol. The lowest BCUT2D eigenvalue weighted by molar-refractivity contribution is -0.132. The molecule has 8 heteroatoms. The van der Waals surface area contributed by atoms with Crippen LogP contribution in [0.4, 0.5) is 0 Å². The number of nitrogens with one attached hydrogen (secondary N) is 2. The lowest BCUT2D eigenvalue weighted by Gasteiger charge is -2.25. The zero-order chi connectivity index (χ0) is 28.8. The third-order valence-corrected chi connectivity index (χ3v) is 7.63. The average molecular weight is 542 g/mol. The quantitative estimate of drug-likeness (QED) is 0.206. The summed E-state index contributed by atoms with van der Waals surface area (Å²) in [6.07, 6.45) is 7.69. The average Bonchev–Trinajstić information content (AvgIpc) is 3.35. The van der Waals surface area contributed by atoms with Gasteiger partial charge in [-0.05, 0) is 43.2 Å². The van der Waals surface area contributed by atoms with Crippen LogP contribution in [0.15, 0.2) is 30.5 Å². The Balaban J connectivity index is 1.86. The monoisotopic (exact) mass is 541 g/mol. The molecule has 8 nitrogen and oxygen atoms in total.